The van der Waals surface area contributed by atoms with Gasteiger partial charge in [0.1, 0.15) is 0 Å². The molecule has 1 aromatic heterocycles. The molecule has 1 aliphatic rings. The summed E-state index contributed by atoms with van der Waals surface area (Å²) in [7, 11) is 0. The lowest BCUT2D eigenvalue weighted by Crippen LogP contribution is -2.23. The summed E-state index contributed by atoms with van der Waals surface area (Å²) in [5.41, 5.74) is 2.16. The van der Waals surface area contributed by atoms with Crippen LogP contribution in [0.15, 0.2) is 60.9 Å². The topological polar surface area (TPSA) is 30.0 Å². The number of benzene rings is 2. The van der Waals surface area contributed by atoms with E-state index in [1.807, 2.05) is 30.6 Å². The van der Waals surface area contributed by atoms with Crippen LogP contribution in [-0.4, -0.2) is 10.8 Å². The minimum atomic E-state index is 0.160. The molecule has 0 amide bonds. The van der Waals surface area contributed by atoms with E-state index in [4.69, 9.17) is 11.6 Å². The first-order valence-corrected chi connectivity index (χ1v) is 9.69. The van der Waals surface area contributed by atoms with Crippen molar-refractivity contribution in [3.8, 4) is 0 Å². The number of Topliss-reactive ketones (excluding diaryl/α,β-unsaturated/α-hetero) is 1. The zero-order chi connectivity index (χ0) is 17.9. The minimum absolute atomic E-state index is 0.160. The highest BCUT2D eigenvalue weighted by atomic mass is 35.5. The molecule has 1 fully saturated rings. The monoisotopic (exact) mass is 363 g/mol. The fourth-order valence-electron chi connectivity index (χ4n) is 4.07. The Bertz CT molecular complexity index is 911. The lowest BCUT2D eigenvalue weighted by Gasteiger charge is -2.28. The molecule has 2 aromatic carbocycles. The second-order valence-electron chi connectivity index (χ2n) is 7.35. The Kier molecular flexibility index (Phi) is 5.03. The first-order valence-electron chi connectivity index (χ1n) is 9.31. The third kappa shape index (κ3) is 3.81. The summed E-state index contributed by atoms with van der Waals surface area (Å²) in [5.74, 6) is 1.10. The molecule has 0 atom stereocenters. The zero-order valence-electron chi connectivity index (χ0n) is 14.7. The van der Waals surface area contributed by atoms with Crippen LogP contribution in [0.2, 0.25) is 5.02 Å². The second kappa shape index (κ2) is 7.59. The molecule has 0 bridgehead atoms. The molecule has 2 nitrogen and oxygen atoms in total. The first-order chi connectivity index (χ1) is 12.7. The third-order valence-electron chi connectivity index (χ3n) is 5.58. The summed E-state index contributed by atoms with van der Waals surface area (Å²) in [6, 6.07) is 16.0. The van der Waals surface area contributed by atoms with Crippen LogP contribution in [0, 0.1) is 11.8 Å². The number of pyridine rings is 1. The van der Waals surface area contributed by atoms with Gasteiger partial charge in [0.05, 0.1) is 0 Å². The van der Waals surface area contributed by atoms with Crippen molar-refractivity contribution >= 4 is 28.2 Å². The van der Waals surface area contributed by atoms with Crippen LogP contribution >= 0.6 is 11.6 Å². The van der Waals surface area contributed by atoms with Gasteiger partial charge < -0.3 is 0 Å². The van der Waals surface area contributed by atoms with Gasteiger partial charge in [-0.05, 0) is 85.4 Å². The standard InChI is InChI=1S/C23H22ClNO/c24-22-9-7-20(8-10-22)23(26)19-5-1-16(2-6-19)13-17-3-4-18-11-12-25-15-21(18)14-17/h3-4,7-12,14-16,19H,1-2,5-6,13H2. The molecular weight excluding hydrogens is 342 g/mol. The van der Waals surface area contributed by atoms with Crippen molar-refractivity contribution in [2.45, 2.75) is 32.1 Å². The number of carbonyl (C=O) groups excluding carboxylic acids is 1. The number of halogens is 1. The van der Waals surface area contributed by atoms with Gasteiger partial charge in [-0.3, -0.25) is 9.78 Å². The number of hydrogen-bond acceptors (Lipinski definition) is 2. The van der Waals surface area contributed by atoms with Crippen LogP contribution in [0.5, 0.6) is 0 Å². The normalized spacial score (nSPS) is 20.2. The first kappa shape index (κ1) is 17.2. The van der Waals surface area contributed by atoms with Crippen molar-refractivity contribution in [2.24, 2.45) is 11.8 Å². The van der Waals surface area contributed by atoms with Gasteiger partial charge in [0.25, 0.3) is 0 Å². The Hall–Kier alpha value is -2.19. The van der Waals surface area contributed by atoms with E-state index in [0.29, 0.717) is 10.9 Å². The molecule has 1 aliphatic carbocycles. The lowest BCUT2D eigenvalue weighted by atomic mass is 9.76. The highest BCUT2D eigenvalue weighted by Gasteiger charge is 2.27. The van der Waals surface area contributed by atoms with Crippen LogP contribution in [0.4, 0.5) is 0 Å². The van der Waals surface area contributed by atoms with Gasteiger partial charge >= 0.3 is 0 Å². The van der Waals surface area contributed by atoms with Crippen molar-refractivity contribution < 1.29 is 4.79 Å². The summed E-state index contributed by atoms with van der Waals surface area (Å²) in [4.78, 5) is 16.9. The Morgan fingerprint density at radius 1 is 0.962 bits per heavy atom. The predicted octanol–water partition coefficient (Wildman–Crippen LogP) is 6.12. The SMILES string of the molecule is O=C(c1ccc(Cl)cc1)C1CCC(Cc2ccc3ccncc3c2)CC1. The van der Waals surface area contributed by atoms with Gasteiger partial charge in [0.2, 0.25) is 0 Å². The fourth-order valence-corrected chi connectivity index (χ4v) is 4.20. The predicted molar refractivity (Wildman–Crippen MR) is 107 cm³/mol. The average Bonchev–Trinajstić information content (AvgIpc) is 2.68. The van der Waals surface area contributed by atoms with Gasteiger partial charge in [0.15, 0.2) is 5.78 Å². The largest absolute Gasteiger partial charge is 0.294 e. The Morgan fingerprint density at radius 3 is 2.50 bits per heavy atom. The van der Waals surface area contributed by atoms with Crippen LogP contribution < -0.4 is 0 Å². The minimum Gasteiger partial charge on any atom is -0.294 e. The van der Waals surface area contributed by atoms with Crippen LogP contribution in [0.3, 0.4) is 0 Å². The molecule has 0 N–H and O–H groups in total. The van der Waals surface area contributed by atoms with Gasteiger partial charge in [-0.2, -0.15) is 0 Å². The van der Waals surface area contributed by atoms with E-state index < -0.39 is 0 Å². The maximum Gasteiger partial charge on any atom is 0.165 e. The van der Waals surface area contributed by atoms with Crippen molar-refractivity contribution in [1.29, 1.82) is 0 Å². The number of nitrogens with zero attached hydrogens (tertiary/aromatic N) is 1. The van der Waals surface area contributed by atoms with Crippen molar-refractivity contribution in [1.82, 2.24) is 4.98 Å². The van der Waals surface area contributed by atoms with Gasteiger partial charge in [-0.1, -0.05) is 23.7 Å². The van der Waals surface area contributed by atoms with Crippen LogP contribution in [0.25, 0.3) is 10.8 Å². The van der Waals surface area contributed by atoms with E-state index in [9.17, 15) is 4.79 Å². The molecule has 3 heteroatoms. The smallest absolute Gasteiger partial charge is 0.165 e. The molecule has 132 valence electrons. The summed E-state index contributed by atoms with van der Waals surface area (Å²) in [5, 5.41) is 3.12. The van der Waals surface area contributed by atoms with Crippen molar-refractivity contribution in [3.05, 3.63) is 77.1 Å². The van der Waals surface area contributed by atoms with E-state index in [2.05, 4.69) is 23.2 Å². The maximum atomic E-state index is 12.7. The molecule has 0 saturated heterocycles. The Balaban J connectivity index is 1.37. The summed E-state index contributed by atoms with van der Waals surface area (Å²) in [6.45, 7) is 0. The Labute approximate surface area is 159 Å². The number of carbonyl (C=O) groups is 1. The van der Waals surface area contributed by atoms with E-state index in [1.165, 1.54) is 16.3 Å². The van der Waals surface area contributed by atoms with E-state index in [0.717, 1.165) is 37.7 Å². The second-order valence-corrected chi connectivity index (χ2v) is 7.79. The molecule has 0 radical (unpaired) electrons. The zero-order valence-corrected chi connectivity index (χ0v) is 15.5. The summed E-state index contributed by atoms with van der Waals surface area (Å²) >= 11 is 5.92. The van der Waals surface area contributed by atoms with Gasteiger partial charge in [-0.25, -0.2) is 0 Å². The van der Waals surface area contributed by atoms with Crippen LogP contribution in [0.1, 0.15) is 41.6 Å². The molecule has 1 heterocycles. The average molecular weight is 364 g/mol. The third-order valence-corrected chi connectivity index (χ3v) is 5.83. The van der Waals surface area contributed by atoms with Crippen molar-refractivity contribution in [2.75, 3.05) is 0 Å². The molecular formula is C23H22ClNO. The van der Waals surface area contributed by atoms with Crippen LogP contribution in [-0.2, 0) is 6.42 Å². The molecule has 1 saturated carbocycles. The maximum absolute atomic E-state index is 12.7. The van der Waals surface area contributed by atoms with E-state index in [1.54, 1.807) is 12.1 Å². The lowest BCUT2D eigenvalue weighted by molar-refractivity contribution is 0.0872. The molecule has 3 aromatic rings. The van der Waals surface area contributed by atoms with Crippen molar-refractivity contribution in [3.63, 3.8) is 0 Å². The summed E-state index contributed by atoms with van der Waals surface area (Å²) in [6.07, 6.45) is 9.07. The molecule has 0 unspecified atom stereocenters. The fraction of sp³-hybridized carbons (Fsp3) is 0.304. The van der Waals surface area contributed by atoms with E-state index in [-0.39, 0.29) is 11.7 Å². The summed E-state index contributed by atoms with van der Waals surface area (Å²) < 4.78 is 0. The van der Waals surface area contributed by atoms with Gasteiger partial charge in [0, 0.05) is 34.3 Å². The number of rotatable bonds is 4. The molecule has 0 aliphatic heterocycles. The molecule has 0 spiro atoms. The quantitative estimate of drug-likeness (QED) is 0.522. The number of fused-ring (bicyclic) bond motifs is 1. The number of ketones is 1. The highest BCUT2D eigenvalue weighted by Crippen LogP contribution is 2.33. The highest BCUT2D eigenvalue weighted by molar-refractivity contribution is 6.30. The molecule has 26 heavy (non-hydrogen) atoms. The number of aromatic nitrogens is 1. The van der Waals surface area contributed by atoms with Gasteiger partial charge in [-0.15, -0.1) is 0 Å². The number of hydrogen-bond donors (Lipinski definition) is 0. The molecule has 4 rings (SSSR count). The Morgan fingerprint density at radius 2 is 1.73 bits per heavy atom. The van der Waals surface area contributed by atoms with E-state index >= 15 is 0 Å².